The number of nitrogens with one attached hydrogen (secondary N) is 2. The van der Waals surface area contributed by atoms with Gasteiger partial charge in [0.2, 0.25) is 10.0 Å². The topological polar surface area (TPSA) is 112 Å². The number of aromatic amines is 2. The first kappa shape index (κ1) is 14.7. The van der Waals surface area contributed by atoms with E-state index in [-0.39, 0.29) is 16.5 Å². The lowest BCUT2D eigenvalue weighted by atomic mass is 10.5. The normalized spacial score (nSPS) is 12.0. The Morgan fingerprint density at radius 1 is 1.45 bits per heavy atom. The second-order valence-electron chi connectivity index (χ2n) is 4.11. The second kappa shape index (κ2) is 5.35. The van der Waals surface area contributed by atoms with Gasteiger partial charge in [-0.25, -0.2) is 13.4 Å². The first-order chi connectivity index (χ1) is 9.30. The summed E-state index contributed by atoms with van der Waals surface area (Å²) in [6.45, 7) is 1.72. The van der Waals surface area contributed by atoms with Crippen molar-refractivity contribution >= 4 is 21.6 Å². The molecule has 2 N–H and O–H groups in total. The maximum atomic E-state index is 12.3. The van der Waals surface area contributed by atoms with Crippen LogP contribution < -0.4 is 5.56 Å². The molecule has 0 saturated heterocycles. The third-order valence-corrected chi connectivity index (χ3v) is 4.61. The third-order valence-electron chi connectivity index (χ3n) is 2.55. The van der Waals surface area contributed by atoms with Gasteiger partial charge in [-0.1, -0.05) is 11.6 Å². The molecule has 0 fully saturated rings. The minimum absolute atomic E-state index is 0.00339. The fourth-order valence-electron chi connectivity index (χ4n) is 1.51. The summed E-state index contributed by atoms with van der Waals surface area (Å²) in [5.41, 5.74) is -0.544. The number of nitrogens with zero attached hydrogens (tertiary/aromatic N) is 3. The van der Waals surface area contributed by atoms with E-state index in [1.54, 1.807) is 6.92 Å². The number of hydrogen-bond acceptors (Lipinski definition) is 5. The zero-order valence-corrected chi connectivity index (χ0v) is 12.3. The highest BCUT2D eigenvalue weighted by Gasteiger charge is 2.23. The number of sulfonamides is 1. The predicted molar refractivity (Wildman–Crippen MR) is 71.8 cm³/mol. The van der Waals surface area contributed by atoms with E-state index in [1.165, 1.54) is 7.05 Å². The molecular weight excluding hydrogens is 306 g/mol. The van der Waals surface area contributed by atoms with Crippen LogP contribution in [0.3, 0.4) is 0 Å². The van der Waals surface area contributed by atoms with E-state index in [4.69, 9.17) is 11.6 Å². The number of rotatable bonds is 4. The fourth-order valence-corrected chi connectivity index (χ4v) is 2.87. The Hall–Kier alpha value is -1.71. The number of aromatic nitrogens is 4. The highest BCUT2D eigenvalue weighted by molar-refractivity contribution is 7.89. The van der Waals surface area contributed by atoms with Crippen molar-refractivity contribution in [1.82, 2.24) is 24.5 Å². The maximum Gasteiger partial charge on any atom is 0.266 e. The molecule has 0 aliphatic rings. The zero-order valence-electron chi connectivity index (χ0n) is 10.7. The summed E-state index contributed by atoms with van der Waals surface area (Å²) in [7, 11) is -2.39. The van der Waals surface area contributed by atoms with E-state index in [0.29, 0.717) is 11.6 Å². The van der Waals surface area contributed by atoms with Crippen LogP contribution in [0, 0.1) is 6.92 Å². The minimum Gasteiger partial charge on any atom is -0.326 e. The largest absolute Gasteiger partial charge is 0.326 e. The zero-order chi connectivity index (χ0) is 14.9. The quantitative estimate of drug-likeness (QED) is 0.841. The third kappa shape index (κ3) is 2.89. The molecule has 0 aliphatic carbocycles. The van der Waals surface area contributed by atoms with Crippen LogP contribution in [0.2, 0.25) is 5.02 Å². The Balaban J connectivity index is 2.29. The molecule has 0 aliphatic heterocycles. The molecule has 2 aromatic heterocycles. The number of aryl methyl sites for hydroxylation is 1. The molecule has 20 heavy (non-hydrogen) atoms. The van der Waals surface area contributed by atoms with Crippen molar-refractivity contribution in [2.45, 2.75) is 18.4 Å². The van der Waals surface area contributed by atoms with Gasteiger partial charge in [0.05, 0.1) is 11.4 Å². The van der Waals surface area contributed by atoms with Crippen molar-refractivity contribution in [3.05, 3.63) is 39.3 Å². The Morgan fingerprint density at radius 3 is 2.70 bits per heavy atom. The van der Waals surface area contributed by atoms with Gasteiger partial charge in [0.1, 0.15) is 10.8 Å². The van der Waals surface area contributed by atoms with Gasteiger partial charge in [-0.05, 0) is 13.0 Å². The molecule has 0 saturated carbocycles. The van der Waals surface area contributed by atoms with Crippen molar-refractivity contribution < 1.29 is 8.42 Å². The maximum absolute atomic E-state index is 12.3. The van der Waals surface area contributed by atoms with Crippen LogP contribution in [0.15, 0.2) is 22.0 Å². The van der Waals surface area contributed by atoms with Gasteiger partial charge in [-0.2, -0.15) is 9.40 Å². The fraction of sp³-hybridized carbons (Fsp3) is 0.300. The van der Waals surface area contributed by atoms with Gasteiger partial charge in [0, 0.05) is 13.2 Å². The van der Waals surface area contributed by atoms with Crippen molar-refractivity contribution in [2.75, 3.05) is 7.05 Å². The van der Waals surface area contributed by atoms with E-state index < -0.39 is 15.6 Å². The van der Waals surface area contributed by atoms with Gasteiger partial charge >= 0.3 is 0 Å². The molecule has 2 heterocycles. The van der Waals surface area contributed by atoms with Gasteiger partial charge in [-0.15, -0.1) is 0 Å². The van der Waals surface area contributed by atoms with E-state index in [0.717, 1.165) is 16.6 Å². The number of hydrogen-bond donors (Lipinski definition) is 2. The summed E-state index contributed by atoms with van der Waals surface area (Å²) in [6, 6.07) is 1.11. The summed E-state index contributed by atoms with van der Waals surface area (Å²) < 4.78 is 25.6. The summed E-state index contributed by atoms with van der Waals surface area (Å²) >= 11 is 5.63. The van der Waals surface area contributed by atoms with E-state index in [2.05, 4.69) is 20.2 Å². The number of pyridine rings is 1. The Bertz CT molecular complexity index is 782. The van der Waals surface area contributed by atoms with E-state index in [9.17, 15) is 13.2 Å². The smallest absolute Gasteiger partial charge is 0.266 e. The minimum atomic E-state index is -3.78. The van der Waals surface area contributed by atoms with Crippen LogP contribution in [0.1, 0.15) is 11.6 Å². The summed E-state index contributed by atoms with van der Waals surface area (Å²) in [4.78, 5) is 17.3. The highest BCUT2D eigenvalue weighted by atomic mass is 35.5. The highest BCUT2D eigenvalue weighted by Crippen LogP contribution is 2.16. The molecule has 0 spiro atoms. The lowest BCUT2D eigenvalue weighted by molar-refractivity contribution is 0.457. The Kier molecular flexibility index (Phi) is 3.93. The van der Waals surface area contributed by atoms with Gasteiger partial charge < -0.3 is 4.98 Å². The number of H-pyrrole nitrogens is 2. The predicted octanol–water partition coefficient (Wildman–Crippen LogP) is 0.276. The average Bonchev–Trinajstić information content (AvgIpc) is 2.78. The van der Waals surface area contributed by atoms with Crippen LogP contribution >= 0.6 is 11.6 Å². The lowest BCUT2D eigenvalue weighted by Gasteiger charge is -2.15. The molecule has 0 atom stereocenters. The molecule has 108 valence electrons. The average molecular weight is 318 g/mol. The molecule has 0 unspecified atom stereocenters. The Labute approximate surface area is 119 Å². The Morgan fingerprint density at radius 2 is 2.15 bits per heavy atom. The van der Waals surface area contributed by atoms with Gasteiger partial charge in [0.15, 0.2) is 5.82 Å². The van der Waals surface area contributed by atoms with Crippen LogP contribution in [-0.2, 0) is 16.6 Å². The summed E-state index contributed by atoms with van der Waals surface area (Å²) in [5.74, 6) is 0.946. The molecule has 0 amide bonds. The lowest BCUT2D eigenvalue weighted by Crippen LogP contribution is -2.27. The van der Waals surface area contributed by atoms with Crippen LogP contribution in [0.5, 0.6) is 0 Å². The standard InChI is InChI=1S/C10H12ClN5O3S/c1-6-13-9(15-14-6)5-16(2)20(18,19)7-3-8(11)10(17)12-4-7/h3-4H,5H2,1-2H3,(H,12,17)(H,13,14,15). The molecule has 8 nitrogen and oxygen atoms in total. The molecule has 2 rings (SSSR count). The van der Waals surface area contributed by atoms with Crippen molar-refractivity contribution in [3.63, 3.8) is 0 Å². The summed E-state index contributed by atoms with van der Waals surface area (Å²) in [5, 5.41) is 6.31. The molecule has 0 radical (unpaired) electrons. The van der Waals surface area contributed by atoms with Crippen LogP contribution in [0.4, 0.5) is 0 Å². The van der Waals surface area contributed by atoms with Crippen molar-refractivity contribution in [3.8, 4) is 0 Å². The van der Waals surface area contributed by atoms with Gasteiger partial charge in [0.25, 0.3) is 5.56 Å². The first-order valence-electron chi connectivity index (χ1n) is 5.53. The SMILES string of the molecule is Cc1nc(CN(C)S(=O)(=O)c2c[nH]c(=O)c(Cl)c2)n[nH]1. The molecule has 10 heteroatoms. The van der Waals surface area contributed by atoms with Crippen molar-refractivity contribution in [1.29, 1.82) is 0 Å². The van der Waals surface area contributed by atoms with Crippen LogP contribution in [-0.4, -0.2) is 39.9 Å². The van der Waals surface area contributed by atoms with Crippen LogP contribution in [0.25, 0.3) is 0 Å². The molecule has 0 bridgehead atoms. The molecular formula is C10H12ClN5O3S. The molecule has 2 aromatic rings. The monoisotopic (exact) mass is 317 g/mol. The second-order valence-corrected chi connectivity index (χ2v) is 6.56. The number of halogens is 1. The van der Waals surface area contributed by atoms with E-state index >= 15 is 0 Å². The van der Waals surface area contributed by atoms with E-state index in [1.807, 2.05) is 0 Å². The van der Waals surface area contributed by atoms with Crippen molar-refractivity contribution in [2.24, 2.45) is 0 Å². The molecule has 0 aromatic carbocycles. The first-order valence-corrected chi connectivity index (χ1v) is 7.35. The van der Waals surface area contributed by atoms with Gasteiger partial charge in [-0.3, -0.25) is 9.89 Å². The summed E-state index contributed by atoms with van der Waals surface area (Å²) in [6.07, 6.45) is 1.10.